The number of hydrogen-bond acceptors (Lipinski definition) is 6. The van der Waals surface area contributed by atoms with Gasteiger partial charge in [-0.15, -0.1) is 13.2 Å². The van der Waals surface area contributed by atoms with Gasteiger partial charge in [-0.3, -0.25) is 0 Å². The Balaban J connectivity index is 2.05. The molecular formula is C16H15F3N4O3. The molecule has 0 spiro atoms. The van der Waals surface area contributed by atoms with Crippen molar-refractivity contribution in [3.63, 3.8) is 0 Å². The second-order valence-electron chi connectivity index (χ2n) is 5.41. The monoisotopic (exact) mass is 368 g/mol. The van der Waals surface area contributed by atoms with Crippen LogP contribution in [0.25, 0.3) is 0 Å². The number of alkyl halides is 3. The maximum absolute atomic E-state index is 12.4. The van der Waals surface area contributed by atoms with E-state index in [2.05, 4.69) is 20.1 Å². The van der Waals surface area contributed by atoms with Crippen molar-refractivity contribution in [2.24, 2.45) is 0 Å². The topological polar surface area (TPSA) is 78.3 Å². The summed E-state index contributed by atoms with van der Waals surface area (Å²) in [5.41, 5.74) is 1.47. The van der Waals surface area contributed by atoms with E-state index in [9.17, 15) is 18.0 Å². The van der Waals surface area contributed by atoms with E-state index in [0.717, 1.165) is 0 Å². The van der Waals surface area contributed by atoms with Crippen LogP contribution in [-0.4, -0.2) is 34.2 Å². The van der Waals surface area contributed by atoms with E-state index in [4.69, 9.17) is 4.74 Å². The summed E-state index contributed by atoms with van der Waals surface area (Å²) in [5, 5.41) is 7.15. The smallest absolute Gasteiger partial charge is 0.466 e. The summed E-state index contributed by atoms with van der Waals surface area (Å²) in [4.78, 5) is 16.4. The second-order valence-corrected chi connectivity index (χ2v) is 5.41. The number of rotatable bonds is 4. The summed E-state index contributed by atoms with van der Waals surface area (Å²) >= 11 is 0. The first-order valence-electron chi connectivity index (χ1n) is 7.67. The third-order valence-corrected chi connectivity index (χ3v) is 3.87. The fourth-order valence-corrected chi connectivity index (χ4v) is 2.80. The van der Waals surface area contributed by atoms with Gasteiger partial charge < -0.3 is 14.8 Å². The lowest BCUT2D eigenvalue weighted by molar-refractivity contribution is -0.274. The number of nitrogens with zero attached hydrogens (tertiary/aromatic N) is 3. The predicted octanol–water partition coefficient (Wildman–Crippen LogP) is 3.03. The first-order valence-corrected chi connectivity index (χ1v) is 7.67. The highest BCUT2D eigenvalue weighted by atomic mass is 19.4. The number of methoxy groups -OCH3 is 1. The zero-order chi connectivity index (χ0) is 18.9. The minimum atomic E-state index is -4.78. The number of hydrogen-bond donors (Lipinski definition) is 1. The number of nitrogens with one attached hydrogen (secondary N) is 1. The van der Waals surface area contributed by atoms with Gasteiger partial charge in [-0.05, 0) is 24.1 Å². The molecule has 1 N–H and O–H groups in total. The van der Waals surface area contributed by atoms with Crippen molar-refractivity contribution < 1.29 is 27.4 Å². The third-order valence-electron chi connectivity index (χ3n) is 3.87. The van der Waals surface area contributed by atoms with Crippen molar-refractivity contribution in [2.75, 3.05) is 12.4 Å². The number of allylic oxidation sites excluding steroid dienone is 1. The van der Waals surface area contributed by atoms with Crippen LogP contribution in [0.3, 0.4) is 0 Å². The van der Waals surface area contributed by atoms with E-state index in [1.807, 2.05) is 6.92 Å². The maximum atomic E-state index is 12.4. The van der Waals surface area contributed by atoms with Gasteiger partial charge in [0.25, 0.3) is 0 Å². The zero-order valence-corrected chi connectivity index (χ0v) is 13.9. The molecule has 1 unspecified atom stereocenters. The fraction of sp³-hybridized carbons (Fsp3) is 0.312. The summed E-state index contributed by atoms with van der Waals surface area (Å²) in [5.74, 6) is -0.487. The van der Waals surface area contributed by atoms with Gasteiger partial charge in [0.1, 0.15) is 18.1 Å². The van der Waals surface area contributed by atoms with Crippen LogP contribution in [0.4, 0.5) is 19.1 Å². The number of halogens is 3. The Labute approximate surface area is 146 Å². The lowest BCUT2D eigenvalue weighted by atomic mass is 9.94. The molecule has 0 radical (unpaired) electrons. The van der Waals surface area contributed by atoms with Crippen LogP contribution >= 0.6 is 0 Å². The minimum Gasteiger partial charge on any atom is -0.466 e. The first kappa shape index (κ1) is 17.8. The number of fused-ring (bicyclic) bond motifs is 1. The van der Waals surface area contributed by atoms with Crippen LogP contribution in [0.1, 0.15) is 24.9 Å². The van der Waals surface area contributed by atoms with Gasteiger partial charge in [-0.1, -0.05) is 19.1 Å². The SMILES string of the molecule is CCC1=C(C(=O)OC)C(c2ccc(OC(F)(F)F)cc2)n2ncnc2N1. The highest BCUT2D eigenvalue weighted by Gasteiger charge is 2.35. The quantitative estimate of drug-likeness (QED) is 0.836. The number of anilines is 1. The Bertz CT molecular complexity index is 843. The molecule has 7 nitrogen and oxygen atoms in total. The van der Waals surface area contributed by atoms with E-state index < -0.39 is 18.4 Å². The number of carbonyl (C=O) groups is 1. The van der Waals surface area contributed by atoms with Crippen LogP contribution in [0.5, 0.6) is 5.75 Å². The summed E-state index contributed by atoms with van der Waals surface area (Å²) in [7, 11) is 1.26. The molecular weight excluding hydrogens is 353 g/mol. The van der Waals surface area contributed by atoms with Crippen molar-refractivity contribution in [1.29, 1.82) is 0 Å². The Hall–Kier alpha value is -3.04. The number of aromatic nitrogens is 3. The highest BCUT2D eigenvalue weighted by Crippen LogP contribution is 2.37. The molecule has 26 heavy (non-hydrogen) atoms. The van der Waals surface area contributed by atoms with Crippen LogP contribution < -0.4 is 10.1 Å². The highest BCUT2D eigenvalue weighted by molar-refractivity contribution is 5.92. The molecule has 3 rings (SSSR count). The van der Waals surface area contributed by atoms with Gasteiger partial charge in [0.05, 0.1) is 12.7 Å². The second kappa shape index (κ2) is 6.70. The van der Waals surface area contributed by atoms with Crippen molar-refractivity contribution in [3.8, 4) is 5.75 Å². The molecule has 10 heteroatoms. The van der Waals surface area contributed by atoms with E-state index in [1.54, 1.807) is 0 Å². The van der Waals surface area contributed by atoms with Crippen LogP contribution in [-0.2, 0) is 9.53 Å². The van der Waals surface area contributed by atoms with Crippen LogP contribution in [0.15, 0.2) is 41.9 Å². The Kier molecular flexibility index (Phi) is 4.58. The Morgan fingerprint density at radius 1 is 1.31 bits per heavy atom. The van der Waals surface area contributed by atoms with E-state index in [1.165, 1.54) is 42.4 Å². The van der Waals surface area contributed by atoms with E-state index >= 15 is 0 Å². The minimum absolute atomic E-state index is 0.317. The lowest BCUT2D eigenvalue weighted by Crippen LogP contribution is -2.30. The maximum Gasteiger partial charge on any atom is 0.573 e. The number of carbonyl (C=O) groups excluding carboxylic acids is 1. The Morgan fingerprint density at radius 3 is 2.58 bits per heavy atom. The van der Waals surface area contributed by atoms with Crippen LogP contribution in [0.2, 0.25) is 0 Å². The summed E-state index contributed by atoms with van der Waals surface area (Å²) < 4.78 is 47.3. The molecule has 1 aromatic carbocycles. The van der Waals surface area contributed by atoms with Gasteiger partial charge in [-0.25, -0.2) is 9.48 Å². The molecule has 1 aliphatic heterocycles. The van der Waals surface area contributed by atoms with E-state index in [-0.39, 0.29) is 5.75 Å². The molecule has 2 heterocycles. The number of benzene rings is 1. The molecule has 0 saturated carbocycles. The zero-order valence-electron chi connectivity index (χ0n) is 13.9. The largest absolute Gasteiger partial charge is 0.573 e. The number of ether oxygens (including phenoxy) is 2. The van der Waals surface area contributed by atoms with Crippen molar-refractivity contribution in [1.82, 2.24) is 14.8 Å². The van der Waals surface area contributed by atoms with Gasteiger partial charge in [0, 0.05) is 5.70 Å². The third kappa shape index (κ3) is 3.35. The molecule has 0 amide bonds. The molecule has 1 aromatic heterocycles. The summed E-state index contributed by atoms with van der Waals surface area (Å²) in [6, 6.07) is 4.57. The molecule has 0 bridgehead atoms. The normalized spacial score (nSPS) is 16.7. The van der Waals surface area contributed by atoms with Gasteiger partial charge in [0.15, 0.2) is 0 Å². The molecule has 1 aliphatic rings. The Morgan fingerprint density at radius 2 is 2.00 bits per heavy atom. The van der Waals surface area contributed by atoms with Gasteiger partial charge in [0.2, 0.25) is 5.95 Å². The first-order chi connectivity index (χ1) is 12.3. The molecule has 138 valence electrons. The molecule has 0 saturated heterocycles. The van der Waals surface area contributed by atoms with Gasteiger partial charge >= 0.3 is 12.3 Å². The van der Waals surface area contributed by atoms with Crippen LogP contribution in [0, 0.1) is 0 Å². The lowest BCUT2D eigenvalue weighted by Gasteiger charge is -2.28. The fourth-order valence-electron chi connectivity index (χ4n) is 2.80. The van der Waals surface area contributed by atoms with Crippen molar-refractivity contribution in [3.05, 3.63) is 47.4 Å². The van der Waals surface area contributed by atoms with Crippen molar-refractivity contribution in [2.45, 2.75) is 25.7 Å². The molecule has 2 aromatic rings. The summed E-state index contributed by atoms with van der Waals surface area (Å²) in [6.45, 7) is 1.86. The average molecular weight is 368 g/mol. The average Bonchev–Trinajstić information content (AvgIpc) is 3.07. The predicted molar refractivity (Wildman–Crippen MR) is 84.2 cm³/mol. The molecule has 0 aliphatic carbocycles. The number of esters is 1. The van der Waals surface area contributed by atoms with Crippen molar-refractivity contribution >= 4 is 11.9 Å². The van der Waals surface area contributed by atoms with Gasteiger partial charge in [-0.2, -0.15) is 10.1 Å². The standard InChI is InChI=1S/C16H15F3N4O3/c1-3-11-12(14(24)25-2)13(23-15(22-11)20-8-21-23)9-4-6-10(7-5-9)26-16(17,18)19/h4-8,13H,3H2,1-2H3,(H,20,21,22). The molecule has 0 fully saturated rings. The molecule has 1 atom stereocenters. The van der Waals surface area contributed by atoms with E-state index in [0.29, 0.717) is 29.2 Å². The summed E-state index contributed by atoms with van der Waals surface area (Å²) in [6.07, 6.45) is -2.95.